The molecule has 0 aromatic heterocycles. The maximum atomic E-state index is 13.0. The zero-order valence-electron chi connectivity index (χ0n) is 14.8. The third kappa shape index (κ3) is 2.76. The van der Waals surface area contributed by atoms with Crippen molar-refractivity contribution >= 4 is 17.3 Å². The van der Waals surface area contributed by atoms with Gasteiger partial charge in [-0.1, -0.05) is 0 Å². The molecule has 7 heteroatoms. The second-order valence-corrected chi connectivity index (χ2v) is 6.63. The summed E-state index contributed by atoms with van der Waals surface area (Å²) in [6.45, 7) is 2.75. The zero-order chi connectivity index (χ0) is 19.2. The van der Waals surface area contributed by atoms with Crippen LogP contribution in [0.5, 0.6) is 17.2 Å². The number of ketones is 2. The quantitative estimate of drug-likeness (QED) is 0.417. The molecule has 0 amide bonds. The Balaban J connectivity index is 2.20. The number of aryl methyl sites for hydroxylation is 1. The standard InChI is InChI=1S/C19H20N2O5/c1-9-6-10-14(11(22)7-9)19(26)15-12(23)8-13(24)17(16(15)18(10)25)20-4-5-21(2)3/h6-8,20,22-24H,4-5H2,1-3H3. The number of rotatable bonds is 4. The summed E-state index contributed by atoms with van der Waals surface area (Å²) >= 11 is 0. The van der Waals surface area contributed by atoms with Gasteiger partial charge in [0.1, 0.15) is 17.2 Å². The molecule has 26 heavy (non-hydrogen) atoms. The Kier molecular flexibility index (Phi) is 4.33. The summed E-state index contributed by atoms with van der Waals surface area (Å²) in [7, 11) is 3.76. The molecule has 0 atom stereocenters. The highest BCUT2D eigenvalue weighted by Crippen LogP contribution is 2.44. The molecule has 0 unspecified atom stereocenters. The van der Waals surface area contributed by atoms with Gasteiger partial charge in [-0.05, 0) is 38.7 Å². The molecule has 0 fully saturated rings. The van der Waals surface area contributed by atoms with Crippen molar-refractivity contribution in [1.29, 1.82) is 0 Å². The van der Waals surface area contributed by atoms with E-state index in [1.807, 2.05) is 19.0 Å². The lowest BCUT2D eigenvalue weighted by molar-refractivity contribution is 0.0974. The maximum Gasteiger partial charge on any atom is 0.202 e. The van der Waals surface area contributed by atoms with Gasteiger partial charge in [0.2, 0.25) is 5.78 Å². The SMILES string of the molecule is Cc1cc(O)c2c(c1)C(=O)c1c(NCCN(C)C)c(O)cc(O)c1C2=O. The fraction of sp³-hybridized carbons (Fsp3) is 0.263. The van der Waals surface area contributed by atoms with E-state index in [4.69, 9.17) is 0 Å². The third-order valence-corrected chi connectivity index (χ3v) is 4.33. The Bertz CT molecular complexity index is 934. The van der Waals surface area contributed by atoms with Gasteiger partial charge in [0.15, 0.2) is 5.78 Å². The highest BCUT2D eigenvalue weighted by molar-refractivity contribution is 6.32. The molecule has 0 spiro atoms. The van der Waals surface area contributed by atoms with Gasteiger partial charge < -0.3 is 25.5 Å². The Morgan fingerprint density at radius 2 is 1.54 bits per heavy atom. The van der Waals surface area contributed by atoms with Crippen molar-refractivity contribution in [1.82, 2.24) is 4.90 Å². The molecule has 1 aliphatic rings. The molecular weight excluding hydrogens is 336 g/mol. The number of carbonyl (C=O) groups is 2. The predicted octanol–water partition coefficient (Wildman–Crippen LogP) is 1.86. The van der Waals surface area contributed by atoms with Crippen molar-refractivity contribution < 1.29 is 24.9 Å². The number of likely N-dealkylation sites (N-methyl/N-ethyl adjacent to an activating group) is 1. The number of benzene rings is 2. The summed E-state index contributed by atoms with van der Waals surface area (Å²) in [5, 5.41) is 33.5. The number of nitrogens with zero attached hydrogens (tertiary/aromatic N) is 1. The maximum absolute atomic E-state index is 13.0. The van der Waals surface area contributed by atoms with Crippen LogP contribution in [-0.4, -0.2) is 59.0 Å². The highest BCUT2D eigenvalue weighted by Gasteiger charge is 2.37. The largest absolute Gasteiger partial charge is 0.507 e. The van der Waals surface area contributed by atoms with Gasteiger partial charge in [0.25, 0.3) is 0 Å². The molecule has 4 N–H and O–H groups in total. The number of aromatic hydroxyl groups is 3. The van der Waals surface area contributed by atoms with Crippen molar-refractivity contribution in [2.24, 2.45) is 0 Å². The second kappa shape index (κ2) is 6.34. The van der Waals surface area contributed by atoms with Gasteiger partial charge >= 0.3 is 0 Å². The molecule has 0 heterocycles. The zero-order valence-corrected chi connectivity index (χ0v) is 14.8. The van der Waals surface area contributed by atoms with Gasteiger partial charge in [0, 0.05) is 24.7 Å². The van der Waals surface area contributed by atoms with Crippen LogP contribution in [0.15, 0.2) is 18.2 Å². The van der Waals surface area contributed by atoms with Crippen molar-refractivity contribution in [3.8, 4) is 17.2 Å². The summed E-state index contributed by atoms with van der Waals surface area (Å²) in [5.74, 6) is -2.31. The molecule has 3 rings (SSSR count). The first kappa shape index (κ1) is 17.8. The predicted molar refractivity (Wildman–Crippen MR) is 96.5 cm³/mol. The van der Waals surface area contributed by atoms with Gasteiger partial charge in [0.05, 0.1) is 22.4 Å². The van der Waals surface area contributed by atoms with Gasteiger partial charge in [-0.15, -0.1) is 0 Å². The van der Waals surface area contributed by atoms with E-state index in [-0.39, 0.29) is 39.4 Å². The van der Waals surface area contributed by atoms with E-state index >= 15 is 0 Å². The van der Waals surface area contributed by atoms with E-state index in [9.17, 15) is 24.9 Å². The Labute approximate surface area is 150 Å². The summed E-state index contributed by atoms with van der Waals surface area (Å²) in [5.41, 5.74) is 0.353. The molecule has 0 radical (unpaired) electrons. The van der Waals surface area contributed by atoms with Crippen LogP contribution >= 0.6 is 0 Å². The summed E-state index contributed by atoms with van der Waals surface area (Å²) in [6, 6.07) is 3.93. The van der Waals surface area contributed by atoms with E-state index < -0.39 is 17.3 Å². The van der Waals surface area contributed by atoms with Crippen LogP contribution in [0.2, 0.25) is 0 Å². The third-order valence-electron chi connectivity index (χ3n) is 4.33. The van der Waals surface area contributed by atoms with Crippen molar-refractivity contribution in [3.05, 3.63) is 46.0 Å². The molecule has 0 aliphatic heterocycles. The number of phenols is 3. The number of nitrogens with one attached hydrogen (secondary N) is 1. The molecule has 136 valence electrons. The normalized spacial score (nSPS) is 12.9. The van der Waals surface area contributed by atoms with Crippen LogP contribution in [0, 0.1) is 6.92 Å². The van der Waals surface area contributed by atoms with E-state index in [0.29, 0.717) is 18.7 Å². The molecular formula is C19H20N2O5. The molecule has 0 saturated heterocycles. The molecule has 2 aromatic carbocycles. The van der Waals surface area contributed by atoms with E-state index in [2.05, 4.69) is 5.32 Å². The Morgan fingerprint density at radius 3 is 2.19 bits per heavy atom. The first-order valence-corrected chi connectivity index (χ1v) is 8.13. The lowest BCUT2D eigenvalue weighted by Gasteiger charge is -2.23. The lowest BCUT2D eigenvalue weighted by atomic mass is 9.81. The minimum Gasteiger partial charge on any atom is -0.507 e. The number of phenolic OH excluding ortho intramolecular Hbond substituents is 3. The van der Waals surface area contributed by atoms with Gasteiger partial charge in [-0.3, -0.25) is 9.59 Å². The minimum atomic E-state index is -0.653. The number of hydrogen-bond acceptors (Lipinski definition) is 7. The number of anilines is 1. The number of carbonyl (C=O) groups excluding carboxylic acids is 2. The minimum absolute atomic E-state index is 0.0562. The van der Waals surface area contributed by atoms with E-state index in [1.165, 1.54) is 12.1 Å². The van der Waals surface area contributed by atoms with E-state index in [0.717, 1.165) is 6.07 Å². The average molecular weight is 356 g/mol. The second-order valence-electron chi connectivity index (χ2n) is 6.63. The van der Waals surface area contributed by atoms with E-state index in [1.54, 1.807) is 6.92 Å². The smallest absolute Gasteiger partial charge is 0.202 e. The molecule has 0 saturated carbocycles. The highest BCUT2D eigenvalue weighted by atomic mass is 16.3. The first-order valence-electron chi connectivity index (χ1n) is 8.13. The van der Waals surface area contributed by atoms with Crippen LogP contribution in [0.25, 0.3) is 0 Å². The van der Waals surface area contributed by atoms with Gasteiger partial charge in [-0.25, -0.2) is 0 Å². The van der Waals surface area contributed by atoms with Crippen molar-refractivity contribution in [2.75, 3.05) is 32.5 Å². The van der Waals surface area contributed by atoms with Gasteiger partial charge in [-0.2, -0.15) is 0 Å². The summed E-state index contributed by atoms with van der Waals surface area (Å²) < 4.78 is 0. The Morgan fingerprint density at radius 1 is 0.885 bits per heavy atom. The average Bonchev–Trinajstić information content (AvgIpc) is 2.53. The fourth-order valence-corrected chi connectivity index (χ4v) is 3.14. The molecule has 0 bridgehead atoms. The number of fused-ring (bicyclic) bond motifs is 2. The number of hydrogen-bond donors (Lipinski definition) is 4. The molecule has 7 nitrogen and oxygen atoms in total. The Hall–Kier alpha value is -3.06. The van der Waals surface area contributed by atoms with Crippen LogP contribution in [0.4, 0.5) is 5.69 Å². The summed E-state index contributed by atoms with van der Waals surface area (Å²) in [4.78, 5) is 27.8. The van der Waals surface area contributed by atoms with Crippen LogP contribution < -0.4 is 5.32 Å². The van der Waals surface area contributed by atoms with Crippen LogP contribution in [-0.2, 0) is 0 Å². The lowest BCUT2D eigenvalue weighted by Crippen LogP contribution is -2.25. The first-order chi connectivity index (χ1) is 12.2. The topological polar surface area (TPSA) is 110 Å². The van der Waals surface area contributed by atoms with Crippen LogP contribution in [0.1, 0.15) is 37.4 Å². The summed E-state index contributed by atoms with van der Waals surface area (Å²) in [6.07, 6.45) is 0. The molecule has 2 aromatic rings. The van der Waals surface area contributed by atoms with Crippen LogP contribution in [0.3, 0.4) is 0 Å². The molecule has 1 aliphatic carbocycles. The van der Waals surface area contributed by atoms with Crippen molar-refractivity contribution in [3.63, 3.8) is 0 Å². The monoisotopic (exact) mass is 356 g/mol. The van der Waals surface area contributed by atoms with Crippen molar-refractivity contribution in [2.45, 2.75) is 6.92 Å². The fourth-order valence-electron chi connectivity index (χ4n) is 3.14.